The number of pyridine rings is 1. The Balaban J connectivity index is 1.73. The van der Waals surface area contributed by atoms with Crippen LogP contribution in [-0.2, 0) is 11.3 Å². The topological polar surface area (TPSA) is 79.5 Å². The van der Waals surface area contributed by atoms with Gasteiger partial charge in [-0.05, 0) is 55.8 Å². The molecule has 3 aromatic rings. The molecule has 136 valence electrons. The van der Waals surface area contributed by atoms with Crippen LogP contribution in [0.3, 0.4) is 0 Å². The molecule has 4 rings (SSSR count). The van der Waals surface area contributed by atoms with E-state index in [0.29, 0.717) is 17.9 Å². The van der Waals surface area contributed by atoms with Crippen molar-refractivity contribution in [1.29, 1.82) is 0 Å². The summed E-state index contributed by atoms with van der Waals surface area (Å²) >= 11 is 0. The predicted molar refractivity (Wildman–Crippen MR) is 105 cm³/mol. The van der Waals surface area contributed by atoms with E-state index in [9.17, 15) is 9.59 Å². The van der Waals surface area contributed by atoms with Gasteiger partial charge < -0.3 is 10.6 Å². The lowest BCUT2D eigenvalue weighted by Crippen LogP contribution is -2.43. The zero-order chi connectivity index (χ0) is 19.2. The quantitative estimate of drug-likeness (QED) is 0.572. The lowest BCUT2D eigenvalue weighted by Gasteiger charge is -2.28. The van der Waals surface area contributed by atoms with Crippen LogP contribution < -0.4 is 10.6 Å². The first kappa shape index (κ1) is 17.0. The van der Waals surface area contributed by atoms with Crippen LogP contribution in [0, 0.1) is 0 Å². The van der Waals surface area contributed by atoms with E-state index in [1.54, 1.807) is 49.2 Å². The fourth-order valence-corrected chi connectivity index (χ4v) is 3.42. The van der Waals surface area contributed by atoms with E-state index in [1.165, 1.54) is 4.90 Å². The molecule has 0 saturated carbocycles. The van der Waals surface area contributed by atoms with Gasteiger partial charge in [-0.3, -0.25) is 9.78 Å². The summed E-state index contributed by atoms with van der Waals surface area (Å²) in [5, 5.41) is 0.974. The van der Waals surface area contributed by atoms with Crippen molar-refractivity contribution in [3.63, 3.8) is 0 Å². The molecule has 1 saturated heterocycles. The number of anilines is 2. The van der Waals surface area contributed by atoms with Gasteiger partial charge >= 0.3 is 6.03 Å². The maximum Gasteiger partial charge on any atom is 0.332 e. The number of hydrogen-bond acceptors (Lipinski definition) is 4. The zero-order valence-electron chi connectivity index (χ0n) is 15.2. The van der Waals surface area contributed by atoms with Gasteiger partial charge in [0.05, 0.1) is 11.2 Å². The molecule has 6 heteroatoms. The van der Waals surface area contributed by atoms with Gasteiger partial charge in [0.15, 0.2) is 0 Å². The highest BCUT2D eigenvalue weighted by atomic mass is 16.2. The number of urea groups is 1. The van der Waals surface area contributed by atoms with Crippen molar-refractivity contribution >= 4 is 34.2 Å². The van der Waals surface area contributed by atoms with Crippen molar-refractivity contribution in [3.8, 4) is 0 Å². The van der Waals surface area contributed by atoms with Crippen molar-refractivity contribution in [2.45, 2.75) is 25.9 Å². The van der Waals surface area contributed by atoms with Crippen LogP contribution in [0.15, 0.2) is 60.8 Å². The first-order chi connectivity index (χ1) is 12.9. The monoisotopic (exact) mass is 360 g/mol. The minimum Gasteiger partial charge on any atom is -0.399 e. The Hall–Kier alpha value is -3.41. The summed E-state index contributed by atoms with van der Waals surface area (Å²) in [6.07, 6.45) is 1.73. The average Bonchev–Trinajstić information content (AvgIpc) is 2.83. The summed E-state index contributed by atoms with van der Waals surface area (Å²) in [5.41, 5.74) is 7.69. The van der Waals surface area contributed by atoms with Gasteiger partial charge in [-0.1, -0.05) is 18.2 Å². The average molecular weight is 360 g/mol. The van der Waals surface area contributed by atoms with E-state index in [1.807, 2.05) is 30.3 Å². The van der Waals surface area contributed by atoms with Crippen LogP contribution in [0.4, 0.5) is 16.2 Å². The van der Waals surface area contributed by atoms with E-state index < -0.39 is 5.54 Å². The van der Waals surface area contributed by atoms with E-state index >= 15 is 0 Å². The number of hydrogen-bond donors (Lipinski definition) is 1. The van der Waals surface area contributed by atoms with Crippen LogP contribution in [0.5, 0.6) is 0 Å². The number of imide groups is 1. The number of benzene rings is 2. The number of para-hydroxylation sites is 1. The maximum absolute atomic E-state index is 13.1. The van der Waals surface area contributed by atoms with E-state index in [2.05, 4.69) is 4.98 Å². The van der Waals surface area contributed by atoms with Crippen LogP contribution in [0.25, 0.3) is 10.9 Å². The molecule has 2 heterocycles. The van der Waals surface area contributed by atoms with Gasteiger partial charge in [0.1, 0.15) is 5.54 Å². The Morgan fingerprint density at radius 3 is 2.44 bits per heavy atom. The molecular formula is C21H20N4O2. The smallest absolute Gasteiger partial charge is 0.332 e. The second-order valence-corrected chi connectivity index (χ2v) is 7.15. The summed E-state index contributed by atoms with van der Waals surface area (Å²) in [4.78, 5) is 33.3. The molecule has 0 atom stereocenters. The molecule has 3 amide bonds. The molecular weight excluding hydrogens is 340 g/mol. The third-order valence-electron chi connectivity index (χ3n) is 5.04. The molecule has 1 aliphatic rings. The van der Waals surface area contributed by atoms with Crippen LogP contribution >= 0.6 is 0 Å². The highest BCUT2D eigenvalue weighted by Crippen LogP contribution is 2.34. The van der Waals surface area contributed by atoms with Crippen molar-refractivity contribution in [2.24, 2.45) is 0 Å². The number of fused-ring (bicyclic) bond motifs is 1. The molecule has 0 aliphatic carbocycles. The van der Waals surface area contributed by atoms with Gasteiger partial charge in [-0.15, -0.1) is 0 Å². The molecule has 6 nitrogen and oxygen atoms in total. The summed E-state index contributed by atoms with van der Waals surface area (Å²) in [5.74, 6) is -0.254. The van der Waals surface area contributed by atoms with Crippen molar-refractivity contribution in [1.82, 2.24) is 9.88 Å². The van der Waals surface area contributed by atoms with Gasteiger partial charge in [0, 0.05) is 23.8 Å². The van der Waals surface area contributed by atoms with Gasteiger partial charge in [0.2, 0.25) is 0 Å². The molecule has 27 heavy (non-hydrogen) atoms. The van der Waals surface area contributed by atoms with Gasteiger partial charge in [0.25, 0.3) is 5.91 Å². The lowest BCUT2D eigenvalue weighted by atomic mass is 10.0. The number of aromatic nitrogens is 1. The molecule has 2 N–H and O–H groups in total. The van der Waals surface area contributed by atoms with Crippen LogP contribution in [0.2, 0.25) is 0 Å². The molecule has 0 unspecified atom stereocenters. The number of carbonyl (C=O) groups excluding carboxylic acids is 2. The third-order valence-corrected chi connectivity index (χ3v) is 5.04. The first-order valence-corrected chi connectivity index (χ1v) is 8.74. The number of nitrogens with two attached hydrogens (primary N) is 1. The fraction of sp³-hybridized carbons (Fsp3) is 0.190. The molecule has 0 spiro atoms. The molecule has 1 fully saturated rings. The zero-order valence-corrected chi connectivity index (χ0v) is 15.2. The second kappa shape index (κ2) is 6.09. The Morgan fingerprint density at radius 2 is 1.70 bits per heavy atom. The summed E-state index contributed by atoms with van der Waals surface area (Å²) < 4.78 is 0. The van der Waals surface area contributed by atoms with E-state index in [4.69, 9.17) is 5.73 Å². The molecule has 2 aromatic carbocycles. The highest BCUT2D eigenvalue weighted by molar-refractivity contribution is 6.23. The number of nitrogen functional groups attached to an aromatic ring is 1. The largest absolute Gasteiger partial charge is 0.399 e. The van der Waals surface area contributed by atoms with Crippen molar-refractivity contribution in [2.75, 3.05) is 10.6 Å². The Morgan fingerprint density at radius 1 is 1.00 bits per heavy atom. The summed E-state index contributed by atoms with van der Waals surface area (Å²) in [6, 6.07) is 16.1. The first-order valence-electron chi connectivity index (χ1n) is 8.74. The van der Waals surface area contributed by atoms with Gasteiger partial charge in [-0.25, -0.2) is 9.69 Å². The number of nitrogens with zero attached hydrogens (tertiary/aromatic N) is 3. The SMILES string of the molecule is CC1(C)C(=O)N(c2ccc(N)cc2)C(=O)N1Cc1ccnc2ccccc12. The number of amides is 3. The maximum atomic E-state index is 13.1. The standard InChI is InChI=1S/C21H20N4O2/c1-21(2)19(26)25(16-9-7-15(22)8-10-16)20(27)24(21)13-14-11-12-23-18-6-4-3-5-17(14)18/h3-12H,13,22H2,1-2H3. The van der Waals surface area contributed by atoms with Gasteiger partial charge in [-0.2, -0.15) is 0 Å². The Kier molecular flexibility index (Phi) is 3.84. The summed E-state index contributed by atoms with van der Waals surface area (Å²) in [7, 11) is 0. The Labute approximate surface area is 157 Å². The molecule has 0 bridgehead atoms. The van der Waals surface area contributed by atoms with Crippen molar-refractivity contribution in [3.05, 3.63) is 66.4 Å². The minimum absolute atomic E-state index is 0.254. The van der Waals surface area contributed by atoms with E-state index in [-0.39, 0.29) is 11.9 Å². The van der Waals surface area contributed by atoms with Crippen LogP contribution in [0.1, 0.15) is 19.4 Å². The normalized spacial score (nSPS) is 16.4. The molecule has 1 aliphatic heterocycles. The predicted octanol–water partition coefficient (Wildman–Crippen LogP) is 3.56. The summed E-state index contributed by atoms with van der Waals surface area (Å²) in [6.45, 7) is 3.87. The van der Waals surface area contributed by atoms with Crippen LogP contribution in [-0.4, -0.2) is 27.4 Å². The fourth-order valence-electron chi connectivity index (χ4n) is 3.42. The number of rotatable bonds is 3. The van der Waals surface area contributed by atoms with Crippen molar-refractivity contribution < 1.29 is 9.59 Å². The Bertz CT molecular complexity index is 1040. The highest BCUT2D eigenvalue weighted by Gasteiger charge is 2.51. The second-order valence-electron chi connectivity index (χ2n) is 7.15. The molecule has 1 aromatic heterocycles. The lowest BCUT2D eigenvalue weighted by molar-refractivity contribution is -0.123. The third kappa shape index (κ3) is 2.70. The number of carbonyl (C=O) groups is 2. The molecule has 0 radical (unpaired) electrons. The minimum atomic E-state index is -0.956. The van der Waals surface area contributed by atoms with E-state index in [0.717, 1.165) is 16.5 Å².